The number of carbonyl (C=O) groups is 3. The molecule has 1 aromatic carbocycles. The first-order valence-corrected chi connectivity index (χ1v) is 11.4. The highest BCUT2D eigenvalue weighted by atomic mass is 19.4. The van der Waals surface area contributed by atoms with Gasteiger partial charge in [0.15, 0.2) is 0 Å². The zero-order valence-corrected chi connectivity index (χ0v) is 19.9. The summed E-state index contributed by atoms with van der Waals surface area (Å²) in [5.41, 5.74) is -1.38. The first-order chi connectivity index (χ1) is 17.9. The van der Waals surface area contributed by atoms with Gasteiger partial charge in [-0.05, 0) is 49.2 Å². The normalized spacial score (nSPS) is 13.8. The fraction of sp³-hybridized carbons (Fsp3) is 0.240. The van der Waals surface area contributed by atoms with Crippen LogP contribution in [0.3, 0.4) is 0 Å². The van der Waals surface area contributed by atoms with Crippen LogP contribution in [-0.2, 0) is 22.3 Å². The molecule has 0 bridgehead atoms. The van der Waals surface area contributed by atoms with Crippen LogP contribution in [0, 0.1) is 5.82 Å². The molecule has 1 aliphatic carbocycles. The zero-order valence-electron chi connectivity index (χ0n) is 19.9. The van der Waals surface area contributed by atoms with Gasteiger partial charge in [-0.25, -0.2) is 4.39 Å². The zero-order chi connectivity index (χ0) is 27.5. The number of carbonyl (C=O) groups excluding carboxylic acids is 3. The van der Waals surface area contributed by atoms with E-state index in [-0.39, 0.29) is 29.4 Å². The van der Waals surface area contributed by atoms with Gasteiger partial charge in [0.25, 0.3) is 5.91 Å². The van der Waals surface area contributed by atoms with Crippen molar-refractivity contribution < 1.29 is 31.9 Å². The molecule has 0 saturated heterocycles. The molecule has 4 rings (SSSR count). The molecule has 13 heteroatoms. The van der Waals surface area contributed by atoms with E-state index in [2.05, 4.69) is 31.2 Å². The van der Waals surface area contributed by atoms with Crippen LogP contribution in [0.5, 0.6) is 0 Å². The van der Waals surface area contributed by atoms with Crippen LogP contribution in [0.1, 0.15) is 41.4 Å². The van der Waals surface area contributed by atoms with Gasteiger partial charge < -0.3 is 21.3 Å². The van der Waals surface area contributed by atoms with Gasteiger partial charge in [0.1, 0.15) is 11.4 Å². The standard InChI is InChI=1S/C25H22F4N6O3/c1-14(36)33-19-8-15(10-30-11-19)22(37)35-24(6-7-24)23(38)32-12-17-3-4-18(13-31-17)34-21-5-2-16(26)9-20(21)25(27,28)29/h2-5,8-11,13,34H,6-7,12H2,1H3,(H,32,38)(H,33,36)(H,35,37). The van der Waals surface area contributed by atoms with Crippen LogP contribution >= 0.6 is 0 Å². The minimum Gasteiger partial charge on any atom is -0.354 e. The number of halogens is 4. The molecule has 198 valence electrons. The second kappa shape index (κ2) is 10.4. The smallest absolute Gasteiger partial charge is 0.354 e. The average molecular weight is 530 g/mol. The highest BCUT2D eigenvalue weighted by molar-refractivity contribution is 6.01. The van der Waals surface area contributed by atoms with Gasteiger partial charge in [0, 0.05) is 13.1 Å². The quantitative estimate of drug-likeness (QED) is 0.327. The van der Waals surface area contributed by atoms with Crippen LogP contribution in [0.25, 0.3) is 0 Å². The number of nitrogens with one attached hydrogen (secondary N) is 4. The van der Waals surface area contributed by atoms with E-state index in [1.807, 2.05) is 0 Å². The first kappa shape index (κ1) is 26.5. The summed E-state index contributed by atoms with van der Waals surface area (Å²) >= 11 is 0. The molecule has 1 fully saturated rings. The van der Waals surface area contributed by atoms with Crippen molar-refractivity contribution in [1.29, 1.82) is 0 Å². The third kappa shape index (κ3) is 6.41. The van der Waals surface area contributed by atoms with E-state index in [0.717, 1.165) is 12.1 Å². The van der Waals surface area contributed by atoms with Gasteiger partial charge in [-0.3, -0.25) is 24.4 Å². The lowest BCUT2D eigenvalue weighted by molar-refractivity contribution is -0.137. The molecule has 2 aromatic heterocycles. The molecule has 2 heterocycles. The van der Waals surface area contributed by atoms with Crippen molar-refractivity contribution in [3.05, 3.63) is 77.6 Å². The Morgan fingerprint density at radius 1 is 1.00 bits per heavy atom. The predicted molar refractivity (Wildman–Crippen MR) is 129 cm³/mol. The molecule has 1 aliphatic rings. The minimum atomic E-state index is -4.75. The van der Waals surface area contributed by atoms with Gasteiger partial charge >= 0.3 is 6.18 Å². The van der Waals surface area contributed by atoms with Gasteiger partial charge in [-0.1, -0.05) is 0 Å². The molecule has 38 heavy (non-hydrogen) atoms. The number of benzene rings is 1. The van der Waals surface area contributed by atoms with Crippen LogP contribution in [-0.4, -0.2) is 33.2 Å². The Morgan fingerprint density at radius 3 is 2.39 bits per heavy atom. The fourth-order valence-corrected chi connectivity index (χ4v) is 3.62. The van der Waals surface area contributed by atoms with Crippen LogP contribution < -0.4 is 21.3 Å². The number of amides is 3. The van der Waals surface area contributed by atoms with E-state index in [1.54, 1.807) is 0 Å². The monoisotopic (exact) mass is 530 g/mol. The van der Waals surface area contributed by atoms with Crippen LogP contribution in [0.2, 0.25) is 0 Å². The average Bonchev–Trinajstić information content (AvgIpc) is 3.64. The Kier molecular flexibility index (Phi) is 7.28. The van der Waals surface area contributed by atoms with Crippen molar-refractivity contribution in [2.75, 3.05) is 10.6 Å². The van der Waals surface area contributed by atoms with E-state index in [4.69, 9.17) is 0 Å². The number of aromatic nitrogens is 2. The molecular formula is C25H22F4N6O3. The fourth-order valence-electron chi connectivity index (χ4n) is 3.62. The predicted octanol–water partition coefficient (Wildman–Crippen LogP) is 3.92. The lowest BCUT2D eigenvalue weighted by Crippen LogP contribution is -2.48. The molecule has 0 spiro atoms. The molecule has 9 nitrogen and oxygen atoms in total. The third-order valence-electron chi connectivity index (χ3n) is 5.68. The third-order valence-corrected chi connectivity index (χ3v) is 5.68. The van der Waals surface area contributed by atoms with Gasteiger partial charge in [-0.15, -0.1) is 0 Å². The molecule has 0 aliphatic heterocycles. The van der Waals surface area contributed by atoms with Crippen molar-refractivity contribution in [3.63, 3.8) is 0 Å². The van der Waals surface area contributed by atoms with Crippen molar-refractivity contribution in [3.8, 4) is 0 Å². The SMILES string of the molecule is CC(=O)Nc1cncc(C(=O)NC2(C(=O)NCc3ccc(Nc4ccc(F)cc4C(F)(F)F)cn3)CC2)c1. The number of rotatable bonds is 8. The molecule has 0 unspecified atom stereocenters. The molecule has 0 radical (unpaired) electrons. The molecule has 4 N–H and O–H groups in total. The van der Waals surface area contributed by atoms with E-state index in [0.29, 0.717) is 30.3 Å². The van der Waals surface area contributed by atoms with Crippen LogP contribution in [0.4, 0.5) is 34.6 Å². The molecular weight excluding hydrogens is 508 g/mol. The summed E-state index contributed by atoms with van der Waals surface area (Å²) in [5.74, 6) is -2.26. The van der Waals surface area contributed by atoms with E-state index in [1.165, 1.54) is 43.7 Å². The van der Waals surface area contributed by atoms with E-state index < -0.39 is 34.9 Å². The maximum absolute atomic E-state index is 13.3. The summed E-state index contributed by atoms with van der Waals surface area (Å²) in [6.07, 6.45) is 0.103. The largest absolute Gasteiger partial charge is 0.418 e. The maximum atomic E-state index is 13.3. The molecule has 3 amide bonds. The van der Waals surface area contributed by atoms with Gasteiger partial charge in [0.2, 0.25) is 11.8 Å². The van der Waals surface area contributed by atoms with Crippen molar-refractivity contribution in [2.45, 2.75) is 38.0 Å². The van der Waals surface area contributed by atoms with Crippen molar-refractivity contribution in [1.82, 2.24) is 20.6 Å². The maximum Gasteiger partial charge on any atom is 0.418 e. The second-order valence-corrected chi connectivity index (χ2v) is 8.71. The summed E-state index contributed by atoms with van der Waals surface area (Å²) in [5, 5.41) is 10.5. The molecule has 1 saturated carbocycles. The van der Waals surface area contributed by atoms with Crippen molar-refractivity contribution >= 4 is 34.8 Å². The summed E-state index contributed by atoms with van der Waals surface area (Å²) < 4.78 is 52.9. The number of alkyl halides is 3. The number of hydrogen-bond donors (Lipinski definition) is 4. The Morgan fingerprint density at radius 2 is 1.76 bits per heavy atom. The first-order valence-electron chi connectivity index (χ1n) is 11.4. The highest BCUT2D eigenvalue weighted by Crippen LogP contribution is 2.37. The molecule has 0 atom stereocenters. The number of pyridine rings is 2. The van der Waals surface area contributed by atoms with Crippen LogP contribution in [0.15, 0.2) is 55.0 Å². The molecule has 3 aromatic rings. The number of nitrogens with zero attached hydrogens (tertiary/aromatic N) is 2. The summed E-state index contributed by atoms with van der Waals surface area (Å²) in [7, 11) is 0. The second-order valence-electron chi connectivity index (χ2n) is 8.71. The Labute approximate surface area is 214 Å². The van der Waals surface area contributed by atoms with E-state index in [9.17, 15) is 31.9 Å². The Hall–Kier alpha value is -4.55. The topological polar surface area (TPSA) is 125 Å². The van der Waals surface area contributed by atoms with Gasteiger partial charge in [-0.2, -0.15) is 13.2 Å². The minimum absolute atomic E-state index is 0.0145. The lowest BCUT2D eigenvalue weighted by atomic mass is 10.1. The summed E-state index contributed by atoms with van der Waals surface area (Å²) in [6.45, 7) is 1.34. The summed E-state index contributed by atoms with van der Waals surface area (Å²) in [6, 6.07) is 6.74. The summed E-state index contributed by atoms with van der Waals surface area (Å²) in [4.78, 5) is 44.7. The van der Waals surface area contributed by atoms with Gasteiger partial charge in [0.05, 0.1) is 52.8 Å². The Bertz CT molecular complexity index is 1370. The highest BCUT2D eigenvalue weighted by Gasteiger charge is 2.51. The Balaban J connectivity index is 1.34. The lowest BCUT2D eigenvalue weighted by Gasteiger charge is -2.17. The number of hydrogen-bond acceptors (Lipinski definition) is 6. The number of anilines is 3. The van der Waals surface area contributed by atoms with E-state index >= 15 is 0 Å². The van der Waals surface area contributed by atoms with Crippen molar-refractivity contribution in [2.24, 2.45) is 0 Å².